The maximum atomic E-state index is 11.4. The molecule has 0 radical (unpaired) electrons. The summed E-state index contributed by atoms with van der Waals surface area (Å²) in [4.78, 5) is 0. The van der Waals surface area contributed by atoms with Crippen LogP contribution in [0.5, 0.6) is 0 Å². The van der Waals surface area contributed by atoms with Gasteiger partial charge in [-0.2, -0.15) is 0 Å². The van der Waals surface area contributed by atoms with Crippen molar-refractivity contribution in [3.8, 4) is 0 Å². The van der Waals surface area contributed by atoms with Crippen molar-refractivity contribution in [3.05, 3.63) is 0 Å². The molecule has 1 rings (SSSR count). The summed E-state index contributed by atoms with van der Waals surface area (Å²) in [6.07, 6.45) is 3.49. The molecular weight excluding hydrogens is 158 g/mol. The van der Waals surface area contributed by atoms with Crippen LogP contribution in [0.25, 0.3) is 0 Å². The Labute approximate surface area is 71.0 Å². The number of hydrogen-bond donors (Lipinski definition) is 1. The summed E-state index contributed by atoms with van der Waals surface area (Å²) in [7, 11) is -0.612. The lowest BCUT2D eigenvalue weighted by Gasteiger charge is -2.08. The van der Waals surface area contributed by atoms with Gasteiger partial charge >= 0.3 is 0 Å². The van der Waals surface area contributed by atoms with E-state index in [9.17, 15) is 4.21 Å². The zero-order chi connectivity index (χ0) is 8.27. The summed E-state index contributed by atoms with van der Waals surface area (Å²) in [5, 5.41) is 0.306. The summed E-state index contributed by atoms with van der Waals surface area (Å²) in [5.41, 5.74) is 5.38. The minimum atomic E-state index is -0.612. The van der Waals surface area contributed by atoms with Crippen molar-refractivity contribution in [1.82, 2.24) is 0 Å². The second kappa shape index (κ2) is 4.21. The quantitative estimate of drug-likeness (QED) is 0.674. The zero-order valence-corrected chi connectivity index (χ0v) is 7.90. The fourth-order valence-electron chi connectivity index (χ4n) is 1.05. The van der Waals surface area contributed by atoms with Gasteiger partial charge in [0.1, 0.15) is 0 Å². The molecule has 3 heteroatoms. The van der Waals surface area contributed by atoms with E-state index in [1.807, 2.05) is 6.92 Å². The number of nitrogens with two attached hydrogens (primary N) is 1. The van der Waals surface area contributed by atoms with Gasteiger partial charge < -0.3 is 5.73 Å². The molecule has 0 aromatic carbocycles. The Bertz CT molecular complexity index is 145. The van der Waals surface area contributed by atoms with Gasteiger partial charge in [-0.15, -0.1) is 0 Å². The molecule has 0 heterocycles. The molecule has 2 nitrogen and oxygen atoms in total. The van der Waals surface area contributed by atoms with Crippen molar-refractivity contribution < 1.29 is 4.21 Å². The summed E-state index contributed by atoms with van der Waals surface area (Å²) >= 11 is 0. The van der Waals surface area contributed by atoms with Gasteiger partial charge in [0.15, 0.2) is 0 Å². The molecule has 1 fully saturated rings. The van der Waals surface area contributed by atoms with E-state index >= 15 is 0 Å². The highest BCUT2D eigenvalue weighted by Gasteiger charge is 2.25. The SMILES string of the molecule is CC(CCN)S(=O)CC1CC1. The first-order valence-corrected chi connectivity index (χ1v) is 5.69. The van der Waals surface area contributed by atoms with E-state index in [0.29, 0.717) is 11.8 Å². The van der Waals surface area contributed by atoms with E-state index in [1.54, 1.807) is 0 Å². The molecular formula is C8H17NOS. The summed E-state index contributed by atoms with van der Waals surface area (Å²) in [6, 6.07) is 0. The van der Waals surface area contributed by atoms with Crippen LogP contribution in [0.15, 0.2) is 0 Å². The van der Waals surface area contributed by atoms with Crippen LogP contribution >= 0.6 is 0 Å². The maximum absolute atomic E-state index is 11.4. The molecule has 66 valence electrons. The summed E-state index contributed by atoms with van der Waals surface area (Å²) in [6.45, 7) is 2.70. The average Bonchev–Trinajstić information content (AvgIpc) is 2.72. The van der Waals surface area contributed by atoms with Crippen molar-refractivity contribution in [2.24, 2.45) is 11.7 Å². The van der Waals surface area contributed by atoms with E-state index < -0.39 is 10.8 Å². The van der Waals surface area contributed by atoms with Crippen LogP contribution in [-0.4, -0.2) is 21.8 Å². The second-order valence-corrected chi connectivity index (χ2v) is 5.28. The van der Waals surface area contributed by atoms with E-state index in [2.05, 4.69) is 0 Å². The average molecular weight is 175 g/mol. The third-order valence-electron chi connectivity index (χ3n) is 2.12. The Morgan fingerprint density at radius 3 is 2.73 bits per heavy atom. The van der Waals surface area contributed by atoms with Gasteiger partial charge in [0.25, 0.3) is 0 Å². The highest BCUT2D eigenvalue weighted by molar-refractivity contribution is 7.85. The lowest BCUT2D eigenvalue weighted by atomic mass is 10.3. The van der Waals surface area contributed by atoms with Gasteiger partial charge in [-0.25, -0.2) is 0 Å². The van der Waals surface area contributed by atoms with E-state index in [4.69, 9.17) is 5.73 Å². The molecule has 1 saturated carbocycles. The first-order valence-electron chi connectivity index (χ1n) is 4.31. The Morgan fingerprint density at radius 1 is 1.64 bits per heavy atom. The molecule has 0 saturated heterocycles. The van der Waals surface area contributed by atoms with Crippen LogP contribution in [0.2, 0.25) is 0 Å². The largest absolute Gasteiger partial charge is 0.330 e. The Balaban J connectivity index is 2.15. The molecule has 11 heavy (non-hydrogen) atoms. The van der Waals surface area contributed by atoms with Gasteiger partial charge in [0.2, 0.25) is 0 Å². The van der Waals surface area contributed by atoms with Crippen LogP contribution in [0.3, 0.4) is 0 Å². The van der Waals surface area contributed by atoms with Gasteiger partial charge in [-0.1, -0.05) is 6.92 Å². The van der Waals surface area contributed by atoms with E-state index in [-0.39, 0.29) is 0 Å². The molecule has 0 aromatic rings. The predicted molar refractivity (Wildman–Crippen MR) is 48.9 cm³/mol. The summed E-state index contributed by atoms with van der Waals surface area (Å²) < 4.78 is 11.4. The number of hydrogen-bond acceptors (Lipinski definition) is 2. The Morgan fingerprint density at radius 2 is 2.27 bits per heavy atom. The van der Waals surface area contributed by atoms with Gasteiger partial charge in [0, 0.05) is 21.8 Å². The summed E-state index contributed by atoms with van der Waals surface area (Å²) in [5.74, 6) is 1.69. The highest BCUT2D eigenvalue weighted by atomic mass is 32.2. The molecule has 0 spiro atoms. The van der Waals surface area contributed by atoms with Crippen molar-refractivity contribution >= 4 is 10.8 Å². The number of rotatable bonds is 5. The van der Waals surface area contributed by atoms with E-state index in [1.165, 1.54) is 12.8 Å². The minimum absolute atomic E-state index is 0.306. The zero-order valence-electron chi connectivity index (χ0n) is 7.08. The van der Waals surface area contributed by atoms with Gasteiger partial charge in [-0.3, -0.25) is 4.21 Å². The molecule has 1 aliphatic carbocycles. The molecule has 0 amide bonds. The molecule has 2 atom stereocenters. The molecule has 0 aliphatic heterocycles. The molecule has 0 aromatic heterocycles. The topological polar surface area (TPSA) is 43.1 Å². The second-order valence-electron chi connectivity index (χ2n) is 3.38. The van der Waals surface area contributed by atoms with Crippen molar-refractivity contribution in [2.45, 2.75) is 31.4 Å². The first-order chi connectivity index (χ1) is 5.24. The Hall–Kier alpha value is 0.110. The third-order valence-corrected chi connectivity index (χ3v) is 4.05. The monoisotopic (exact) mass is 175 g/mol. The van der Waals surface area contributed by atoms with Crippen LogP contribution in [0, 0.1) is 5.92 Å². The van der Waals surface area contributed by atoms with Crippen LogP contribution in [-0.2, 0) is 10.8 Å². The van der Waals surface area contributed by atoms with Crippen LogP contribution in [0.4, 0.5) is 0 Å². The molecule has 1 aliphatic rings. The Kier molecular flexibility index (Phi) is 3.52. The maximum Gasteiger partial charge on any atom is 0.0331 e. The van der Waals surface area contributed by atoms with Crippen LogP contribution in [0.1, 0.15) is 26.2 Å². The van der Waals surface area contributed by atoms with Crippen molar-refractivity contribution in [1.29, 1.82) is 0 Å². The van der Waals surface area contributed by atoms with Crippen molar-refractivity contribution in [3.63, 3.8) is 0 Å². The van der Waals surface area contributed by atoms with Crippen LogP contribution < -0.4 is 5.73 Å². The first kappa shape index (κ1) is 9.20. The standard InChI is InChI=1S/C8H17NOS/c1-7(4-5-9)11(10)6-8-2-3-8/h7-8H,2-6,9H2,1H3. The molecule has 0 bridgehead atoms. The normalized spacial score (nSPS) is 23.1. The fraction of sp³-hybridized carbons (Fsp3) is 1.00. The lowest BCUT2D eigenvalue weighted by molar-refractivity contribution is 0.662. The highest BCUT2D eigenvalue weighted by Crippen LogP contribution is 2.30. The lowest BCUT2D eigenvalue weighted by Crippen LogP contribution is -2.18. The smallest absolute Gasteiger partial charge is 0.0331 e. The molecule has 2 unspecified atom stereocenters. The van der Waals surface area contributed by atoms with Gasteiger partial charge in [-0.05, 0) is 31.7 Å². The minimum Gasteiger partial charge on any atom is -0.330 e. The third kappa shape index (κ3) is 3.34. The predicted octanol–water partition coefficient (Wildman–Crippen LogP) is 0.882. The van der Waals surface area contributed by atoms with Gasteiger partial charge in [0.05, 0.1) is 0 Å². The van der Waals surface area contributed by atoms with E-state index in [0.717, 1.165) is 18.1 Å². The fourth-order valence-corrected chi connectivity index (χ4v) is 2.57. The molecule has 2 N–H and O–H groups in total. The van der Waals surface area contributed by atoms with Crippen molar-refractivity contribution in [2.75, 3.05) is 12.3 Å².